The van der Waals surface area contributed by atoms with E-state index in [1.165, 1.54) is 60.8 Å². The highest BCUT2D eigenvalue weighted by Gasteiger charge is 2.22. The van der Waals surface area contributed by atoms with Gasteiger partial charge in [-0.2, -0.15) is 0 Å². The number of aryl methyl sites for hydroxylation is 1. The SMILES string of the molecule is CCCC1CCC(c2ccc(-c3ccc4c(c3)CCC(Cl)O4)cc2)CC1. The Morgan fingerprint density at radius 3 is 2.38 bits per heavy atom. The molecule has 1 aliphatic heterocycles. The van der Waals surface area contributed by atoms with Crippen LogP contribution in [-0.4, -0.2) is 5.56 Å². The van der Waals surface area contributed by atoms with Gasteiger partial charge in [0.1, 0.15) is 5.75 Å². The molecule has 0 saturated heterocycles. The number of ether oxygens (including phenoxy) is 1. The van der Waals surface area contributed by atoms with E-state index in [1.54, 1.807) is 0 Å². The van der Waals surface area contributed by atoms with Crippen molar-refractivity contribution < 1.29 is 4.74 Å². The van der Waals surface area contributed by atoms with Gasteiger partial charge in [-0.3, -0.25) is 0 Å². The maximum Gasteiger partial charge on any atom is 0.172 e. The van der Waals surface area contributed by atoms with Gasteiger partial charge in [-0.25, -0.2) is 0 Å². The Bertz CT molecular complexity index is 728. The van der Waals surface area contributed by atoms with Crippen LogP contribution in [-0.2, 0) is 6.42 Å². The molecule has 2 aromatic carbocycles. The Labute approximate surface area is 162 Å². The fourth-order valence-electron chi connectivity index (χ4n) is 4.68. The van der Waals surface area contributed by atoms with Crippen LogP contribution in [0.3, 0.4) is 0 Å². The van der Waals surface area contributed by atoms with Gasteiger partial charge in [0.05, 0.1) is 0 Å². The topological polar surface area (TPSA) is 9.23 Å². The van der Waals surface area contributed by atoms with Gasteiger partial charge < -0.3 is 4.74 Å². The van der Waals surface area contributed by atoms with Crippen LogP contribution in [0.2, 0.25) is 0 Å². The largest absolute Gasteiger partial charge is 0.474 e. The van der Waals surface area contributed by atoms with E-state index in [9.17, 15) is 0 Å². The first-order valence-corrected chi connectivity index (χ1v) is 10.7. The lowest BCUT2D eigenvalue weighted by atomic mass is 9.77. The molecule has 2 aliphatic rings. The summed E-state index contributed by atoms with van der Waals surface area (Å²) in [6.07, 6.45) is 10.2. The zero-order valence-corrected chi connectivity index (χ0v) is 16.5. The minimum atomic E-state index is -0.181. The molecule has 0 N–H and O–H groups in total. The van der Waals surface area contributed by atoms with Crippen LogP contribution >= 0.6 is 11.6 Å². The smallest absolute Gasteiger partial charge is 0.172 e. The van der Waals surface area contributed by atoms with Crippen molar-refractivity contribution >= 4 is 11.6 Å². The van der Waals surface area contributed by atoms with Crippen molar-refractivity contribution in [2.24, 2.45) is 5.92 Å². The van der Waals surface area contributed by atoms with Crippen LogP contribution < -0.4 is 4.74 Å². The van der Waals surface area contributed by atoms with Gasteiger partial charge in [0.25, 0.3) is 0 Å². The van der Waals surface area contributed by atoms with Crippen LogP contribution in [0.15, 0.2) is 42.5 Å². The summed E-state index contributed by atoms with van der Waals surface area (Å²) in [6.45, 7) is 2.31. The van der Waals surface area contributed by atoms with Gasteiger partial charge in [-0.05, 0) is 78.3 Å². The second kappa shape index (κ2) is 8.05. The maximum atomic E-state index is 6.10. The van der Waals surface area contributed by atoms with E-state index in [1.807, 2.05) is 0 Å². The van der Waals surface area contributed by atoms with Crippen LogP contribution in [0.4, 0.5) is 0 Å². The molecular weight excluding hydrogens is 340 g/mol. The summed E-state index contributed by atoms with van der Waals surface area (Å²) in [5.74, 6) is 2.68. The second-order valence-electron chi connectivity index (χ2n) is 8.02. The van der Waals surface area contributed by atoms with E-state index in [-0.39, 0.29) is 5.56 Å². The van der Waals surface area contributed by atoms with E-state index < -0.39 is 0 Å². The molecule has 1 atom stereocenters. The number of benzene rings is 2. The first kappa shape index (κ1) is 17.9. The molecule has 1 heterocycles. The highest BCUT2D eigenvalue weighted by atomic mass is 35.5. The van der Waals surface area contributed by atoms with Crippen molar-refractivity contribution in [2.45, 2.75) is 69.8 Å². The molecule has 0 spiro atoms. The van der Waals surface area contributed by atoms with E-state index in [4.69, 9.17) is 16.3 Å². The number of alkyl halides is 1. The van der Waals surface area contributed by atoms with Crippen molar-refractivity contribution in [3.8, 4) is 16.9 Å². The number of fused-ring (bicyclic) bond motifs is 1. The van der Waals surface area contributed by atoms with E-state index in [0.29, 0.717) is 0 Å². The molecule has 1 aliphatic carbocycles. The monoisotopic (exact) mass is 368 g/mol. The Morgan fingerprint density at radius 2 is 1.65 bits per heavy atom. The third-order valence-electron chi connectivity index (χ3n) is 6.22. The van der Waals surface area contributed by atoms with Gasteiger partial charge in [-0.15, -0.1) is 0 Å². The van der Waals surface area contributed by atoms with Crippen molar-refractivity contribution in [3.63, 3.8) is 0 Å². The molecule has 1 unspecified atom stereocenters. The molecule has 0 amide bonds. The van der Waals surface area contributed by atoms with Gasteiger partial charge in [0.2, 0.25) is 0 Å². The Hall–Kier alpha value is -1.47. The third-order valence-corrected chi connectivity index (χ3v) is 6.52. The average molecular weight is 369 g/mol. The van der Waals surface area contributed by atoms with Crippen molar-refractivity contribution in [1.82, 2.24) is 0 Å². The first-order chi connectivity index (χ1) is 12.7. The molecule has 138 valence electrons. The lowest BCUT2D eigenvalue weighted by Crippen LogP contribution is -2.16. The zero-order chi connectivity index (χ0) is 17.9. The molecule has 0 bridgehead atoms. The second-order valence-corrected chi connectivity index (χ2v) is 8.50. The predicted octanol–water partition coefficient (Wildman–Crippen LogP) is 7.32. The molecule has 2 aromatic rings. The minimum absolute atomic E-state index is 0.181. The van der Waals surface area contributed by atoms with Crippen molar-refractivity contribution in [1.29, 1.82) is 0 Å². The van der Waals surface area contributed by atoms with Gasteiger partial charge in [0.15, 0.2) is 5.56 Å². The number of rotatable bonds is 4. The quantitative estimate of drug-likeness (QED) is 0.513. The summed E-state index contributed by atoms with van der Waals surface area (Å²) in [7, 11) is 0. The molecule has 1 saturated carbocycles. The lowest BCUT2D eigenvalue weighted by Gasteiger charge is -2.28. The molecule has 2 heteroatoms. The molecule has 0 aromatic heterocycles. The zero-order valence-electron chi connectivity index (χ0n) is 15.7. The predicted molar refractivity (Wildman–Crippen MR) is 110 cm³/mol. The first-order valence-electron chi connectivity index (χ1n) is 10.3. The molecule has 1 nitrogen and oxygen atoms in total. The number of hydrogen-bond donors (Lipinski definition) is 0. The van der Waals surface area contributed by atoms with E-state index in [0.717, 1.165) is 30.4 Å². The summed E-state index contributed by atoms with van der Waals surface area (Å²) in [5.41, 5.74) is 5.19. The van der Waals surface area contributed by atoms with Gasteiger partial charge in [0, 0.05) is 6.42 Å². The Balaban J connectivity index is 1.45. The minimum Gasteiger partial charge on any atom is -0.474 e. The maximum absolute atomic E-state index is 6.10. The molecule has 1 fully saturated rings. The molecular formula is C24H29ClO. The molecule has 4 rings (SSSR count). The van der Waals surface area contributed by atoms with E-state index >= 15 is 0 Å². The fourth-order valence-corrected chi connectivity index (χ4v) is 4.88. The Kier molecular flexibility index (Phi) is 5.55. The van der Waals surface area contributed by atoms with Crippen LogP contribution in [0.5, 0.6) is 5.75 Å². The van der Waals surface area contributed by atoms with Crippen LogP contribution in [0.1, 0.15) is 68.9 Å². The van der Waals surface area contributed by atoms with Crippen molar-refractivity contribution in [2.75, 3.05) is 0 Å². The van der Waals surface area contributed by atoms with Crippen LogP contribution in [0, 0.1) is 5.92 Å². The highest BCUT2D eigenvalue weighted by molar-refractivity contribution is 6.19. The summed E-state index contributed by atoms with van der Waals surface area (Å²) in [5, 5.41) is 0. The highest BCUT2D eigenvalue weighted by Crippen LogP contribution is 2.38. The number of hydrogen-bond acceptors (Lipinski definition) is 1. The standard InChI is InChI=1S/C24H29ClO/c1-2-3-17-4-6-18(7-5-17)19-8-10-20(11-9-19)21-12-14-23-22(16-21)13-15-24(25)26-23/h8-12,14,16-18,24H,2-7,13,15H2,1H3. The third kappa shape index (κ3) is 3.93. The Morgan fingerprint density at radius 1 is 0.923 bits per heavy atom. The molecule has 26 heavy (non-hydrogen) atoms. The van der Waals surface area contributed by atoms with Gasteiger partial charge >= 0.3 is 0 Å². The lowest BCUT2D eigenvalue weighted by molar-refractivity contribution is 0.249. The summed E-state index contributed by atoms with van der Waals surface area (Å²) >= 11 is 6.10. The van der Waals surface area contributed by atoms with Gasteiger partial charge in [-0.1, -0.05) is 61.7 Å². The average Bonchev–Trinajstić information content (AvgIpc) is 2.69. The fraction of sp³-hybridized carbons (Fsp3) is 0.500. The van der Waals surface area contributed by atoms with Crippen LogP contribution in [0.25, 0.3) is 11.1 Å². The summed E-state index contributed by atoms with van der Waals surface area (Å²) in [6, 6.07) is 15.8. The molecule has 0 radical (unpaired) electrons. The van der Waals surface area contributed by atoms with E-state index in [2.05, 4.69) is 49.4 Å². The summed E-state index contributed by atoms with van der Waals surface area (Å²) < 4.78 is 5.71. The number of halogens is 1. The summed E-state index contributed by atoms with van der Waals surface area (Å²) in [4.78, 5) is 0. The normalized spacial score (nSPS) is 25.4. The van der Waals surface area contributed by atoms with Crippen molar-refractivity contribution in [3.05, 3.63) is 53.6 Å².